The predicted octanol–water partition coefficient (Wildman–Crippen LogP) is 5.83. The number of rotatable bonds is 4. The monoisotopic (exact) mass is 411 g/mol. The molecule has 0 aliphatic heterocycles. The maximum Gasteiger partial charge on any atom is 0.249 e. The van der Waals surface area contributed by atoms with Crippen LogP contribution in [-0.4, -0.2) is 15.7 Å². The molecule has 0 aliphatic rings. The summed E-state index contributed by atoms with van der Waals surface area (Å²) >= 11 is 6.18. The van der Waals surface area contributed by atoms with Crippen LogP contribution in [0.5, 0.6) is 0 Å². The molecule has 1 atom stereocenters. The minimum absolute atomic E-state index is 0.218. The standard InChI is InChI=1S/C22H16ClF2N3O/c1-13(22(29)26-19-12-16(24)8-9-18(19)25)28-20-10-7-15(23)11-17(20)21(27-28)14-5-3-2-4-6-14/h2-13H,1H3,(H,26,29). The Labute approximate surface area is 170 Å². The highest BCUT2D eigenvalue weighted by molar-refractivity contribution is 6.31. The Bertz CT molecular complexity index is 1210. The van der Waals surface area contributed by atoms with Gasteiger partial charge in [0.15, 0.2) is 0 Å². The maximum absolute atomic E-state index is 13.9. The third-order valence-electron chi connectivity index (χ3n) is 4.65. The highest BCUT2D eigenvalue weighted by Crippen LogP contribution is 2.32. The third kappa shape index (κ3) is 3.71. The van der Waals surface area contributed by atoms with E-state index in [-0.39, 0.29) is 5.69 Å². The lowest BCUT2D eigenvalue weighted by Gasteiger charge is -2.14. The number of amides is 1. The SMILES string of the molecule is CC(C(=O)Nc1cc(F)ccc1F)n1nc(-c2ccccc2)c2cc(Cl)ccc21. The number of nitrogens with one attached hydrogen (secondary N) is 1. The average molecular weight is 412 g/mol. The number of aromatic nitrogens is 2. The molecule has 29 heavy (non-hydrogen) atoms. The fourth-order valence-electron chi connectivity index (χ4n) is 3.16. The van der Waals surface area contributed by atoms with E-state index in [2.05, 4.69) is 10.4 Å². The first-order chi connectivity index (χ1) is 13.9. The zero-order valence-electron chi connectivity index (χ0n) is 15.4. The topological polar surface area (TPSA) is 46.9 Å². The molecule has 1 aromatic heterocycles. The van der Waals surface area contributed by atoms with Gasteiger partial charge < -0.3 is 5.32 Å². The summed E-state index contributed by atoms with van der Waals surface area (Å²) in [4.78, 5) is 12.7. The molecule has 4 nitrogen and oxygen atoms in total. The van der Waals surface area contributed by atoms with E-state index < -0.39 is 23.6 Å². The van der Waals surface area contributed by atoms with Crippen LogP contribution in [0.1, 0.15) is 13.0 Å². The molecule has 4 aromatic rings. The number of benzene rings is 3. The molecular formula is C22H16ClF2N3O. The molecule has 7 heteroatoms. The number of hydrogen-bond donors (Lipinski definition) is 1. The van der Waals surface area contributed by atoms with Crippen molar-refractivity contribution >= 4 is 34.1 Å². The largest absolute Gasteiger partial charge is 0.322 e. The van der Waals surface area contributed by atoms with Gasteiger partial charge in [0, 0.05) is 22.0 Å². The summed E-state index contributed by atoms with van der Waals surface area (Å²) in [7, 11) is 0. The lowest BCUT2D eigenvalue weighted by atomic mass is 10.1. The zero-order valence-corrected chi connectivity index (χ0v) is 16.1. The molecule has 0 fully saturated rings. The first-order valence-corrected chi connectivity index (χ1v) is 9.31. The number of nitrogens with zero attached hydrogens (tertiary/aromatic N) is 2. The number of hydrogen-bond acceptors (Lipinski definition) is 2. The van der Waals surface area contributed by atoms with E-state index in [1.165, 1.54) is 0 Å². The molecule has 0 saturated heterocycles. The average Bonchev–Trinajstić information content (AvgIpc) is 3.09. The summed E-state index contributed by atoms with van der Waals surface area (Å²) in [6.45, 7) is 1.64. The van der Waals surface area contributed by atoms with Gasteiger partial charge in [0.05, 0.1) is 11.2 Å². The Morgan fingerprint density at radius 1 is 1.07 bits per heavy atom. The van der Waals surface area contributed by atoms with Crippen LogP contribution in [-0.2, 0) is 4.79 Å². The van der Waals surface area contributed by atoms with Crippen molar-refractivity contribution in [2.24, 2.45) is 0 Å². The van der Waals surface area contributed by atoms with Crippen LogP contribution in [0.25, 0.3) is 22.2 Å². The third-order valence-corrected chi connectivity index (χ3v) is 4.88. The lowest BCUT2D eigenvalue weighted by molar-refractivity contribution is -0.119. The van der Waals surface area contributed by atoms with E-state index in [4.69, 9.17) is 11.6 Å². The second kappa shape index (κ2) is 7.64. The van der Waals surface area contributed by atoms with E-state index in [9.17, 15) is 13.6 Å². The smallest absolute Gasteiger partial charge is 0.249 e. The van der Waals surface area contributed by atoms with Crippen LogP contribution >= 0.6 is 11.6 Å². The first-order valence-electron chi connectivity index (χ1n) is 8.93. The highest BCUT2D eigenvalue weighted by Gasteiger charge is 2.22. The summed E-state index contributed by atoms with van der Waals surface area (Å²) < 4.78 is 28.9. The van der Waals surface area contributed by atoms with E-state index >= 15 is 0 Å². The quantitative estimate of drug-likeness (QED) is 0.459. The molecule has 1 amide bonds. The molecule has 0 spiro atoms. The fourth-order valence-corrected chi connectivity index (χ4v) is 3.33. The second-order valence-electron chi connectivity index (χ2n) is 6.61. The molecular weight excluding hydrogens is 396 g/mol. The molecule has 1 unspecified atom stereocenters. The van der Waals surface area contributed by atoms with Crippen LogP contribution in [0.2, 0.25) is 5.02 Å². The molecule has 0 aliphatic carbocycles. The van der Waals surface area contributed by atoms with Crippen molar-refractivity contribution in [2.75, 3.05) is 5.32 Å². The summed E-state index contributed by atoms with van der Waals surface area (Å²) in [6.07, 6.45) is 0. The van der Waals surface area contributed by atoms with Gasteiger partial charge in [-0.25, -0.2) is 8.78 Å². The van der Waals surface area contributed by atoms with E-state index in [0.29, 0.717) is 16.2 Å². The van der Waals surface area contributed by atoms with Crippen LogP contribution in [0.3, 0.4) is 0 Å². The van der Waals surface area contributed by atoms with Crippen LogP contribution in [0, 0.1) is 11.6 Å². The molecule has 1 heterocycles. The van der Waals surface area contributed by atoms with Gasteiger partial charge in [0.25, 0.3) is 0 Å². The van der Waals surface area contributed by atoms with Crippen LogP contribution < -0.4 is 5.32 Å². The minimum atomic E-state index is -0.779. The molecule has 1 N–H and O–H groups in total. The van der Waals surface area contributed by atoms with Gasteiger partial charge in [0.2, 0.25) is 5.91 Å². The number of anilines is 1. The van der Waals surface area contributed by atoms with Gasteiger partial charge >= 0.3 is 0 Å². The van der Waals surface area contributed by atoms with Crippen LogP contribution in [0.15, 0.2) is 66.7 Å². The Kier molecular flexibility index (Phi) is 5.03. The van der Waals surface area contributed by atoms with Gasteiger partial charge in [0.1, 0.15) is 23.4 Å². The minimum Gasteiger partial charge on any atom is -0.322 e. The van der Waals surface area contributed by atoms with Crippen molar-refractivity contribution in [1.82, 2.24) is 9.78 Å². The van der Waals surface area contributed by atoms with E-state index in [0.717, 1.165) is 29.1 Å². The second-order valence-corrected chi connectivity index (χ2v) is 7.05. The lowest BCUT2D eigenvalue weighted by Crippen LogP contribution is -2.25. The fraction of sp³-hybridized carbons (Fsp3) is 0.0909. The Morgan fingerprint density at radius 3 is 2.59 bits per heavy atom. The van der Waals surface area contributed by atoms with E-state index in [1.807, 2.05) is 30.3 Å². The van der Waals surface area contributed by atoms with Gasteiger partial charge in [-0.15, -0.1) is 0 Å². The molecule has 0 radical (unpaired) electrons. The van der Waals surface area contributed by atoms with Crippen molar-refractivity contribution in [1.29, 1.82) is 0 Å². The maximum atomic E-state index is 13.9. The zero-order chi connectivity index (χ0) is 20.5. The van der Waals surface area contributed by atoms with Crippen molar-refractivity contribution in [3.05, 3.63) is 83.4 Å². The number of fused-ring (bicyclic) bond motifs is 1. The molecule has 146 valence electrons. The number of carbonyl (C=O) groups excluding carboxylic acids is 1. The Hall–Kier alpha value is -3.25. The molecule has 4 rings (SSSR count). The summed E-state index contributed by atoms with van der Waals surface area (Å²) in [6, 6.07) is 16.9. The van der Waals surface area contributed by atoms with Crippen molar-refractivity contribution in [2.45, 2.75) is 13.0 Å². The molecule has 0 bridgehead atoms. The molecule has 0 saturated carbocycles. The van der Waals surface area contributed by atoms with Crippen molar-refractivity contribution in [3.63, 3.8) is 0 Å². The molecule has 3 aromatic carbocycles. The Morgan fingerprint density at radius 2 is 1.83 bits per heavy atom. The summed E-state index contributed by atoms with van der Waals surface area (Å²) in [5.74, 6) is -1.87. The van der Waals surface area contributed by atoms with Gasteiger partial charge in [-0.1, -0.05) is 41.9 Å². The predicted molar refractivity (Wildman–Crippen MR) is 110 cm³/mol. The van der Waals surface area contributed by atoms with Gasteiger partial charge in [-0.3, -0.25) is 9.48 Å². The van der Waals surface area contributed by atoms with Crippen molar-refractivity contribution < 1.29 is 13.6 Å². The normalized spacial score (nSPS) is 12.1. The summed E-state index contributed by atoms with van der Waals surface area (Å²) in [5.41, 5.74) is 2.04. The highest BCUT2D eigenvalue weighted by atomic mass is 35.5. The van der Waals surface area contributed by atoms with Crippen molar-refractivity contribution in [3.8, 4) is 11.3 Å². The first kappa shape index (κ1) is 19.1. The number of carbonyl (C=O) groups is 1. The van der Waals surface area contributed by atoms with Gasteiger partial charge in [-0.2, -0.15) is 5.10 Å². The van der Waals surface area contributed by atoms with E-state index in [1.54, 1.807) is 29.8 Å². The van der Waals surface area contributed by atoms with Gasteiger partial charge in [-0.05, 0) is 37.3 Å². The number of halogens is 3. The Balaban J connectivity index is 1.75. The van der Waals surface area contributed by atoms with Crippen LogP contribution in [0.4, 0.5) is 14.5 Å². The summed E-state index contributed by atoms with van der Waals surface area (Å²) in [5, 5.41) is 8.41.